The van der Waals surface area contributed by atoms with Crippen molar-refractivity contribution in [3.8, 4) is 0 Å². The van der Waals surface area contributed by atoms with Crippen molar-refractivity contribution in [1.82, 2.24) is 10.6 Å². The van der Waals surface area contributed by atoms with E-state index in [1.807, 2.05) is 12.1 Å². The Balaban J connectivity index is 1.55. The zero-order valence-electron chi connectivity index (χ0n) is 15.5. The Bertz CT molecular complexity index is 522. The molecule has 0 amide bonds. The molecule has 146 valence electrons. The van der Waals surface area contributed by atoms with Crippen LogP contribution >= 0.6 is 11.8 Å². The van der Waals surface area contributed by atoms with Crippen molar-refractivity contribution in [1.29, 1.82) is 0 Å². The van der Waals surface area contributed by atoms with Crippen LogP contribution in [0, 0.1) is 5.82 Å². The first-order chi connectivity index (χ1) is 12.8. The molecular formula is C19H30FN3O2S. The maximum absolute atomic E-state index is 12.9. The molecule has 0 radical (unpaired) electrons. The first kappa shape index (κ1) is 21.0. The van der Waals surface area contributed by atoms with Gasteiger partial charge in [0.1, 0.15) is 5.82 Å². The monoisotopic (exact) mass is 383 g/mol. The minimum atomic E-state index is -0.192. The van der Waals surface area contributed by atoms with Gasteiger partial charge in [-0.15, -0.1) is 11.8 Å². The lowest BCUT2D eigenvalue weighted by Gasteiger charge is -2.13. The van der Waals surface area contributed by atoms with Gasteiger partial charge in [0, 0.05) is 37.7 Å². The van der Waals surface area contributed by atoms with Gasteiger partial charge in [0.05, 0.1) is 12.7 Å². The summed E-state index contributed by atoms with van der Waals surface area (Å²) in [5.74, 6) is 1.62. The Hall–Kier alpha value is -1.31. The number of hydrogen-bond acceptors (Lipinski definition) is 4. The molecule has 26 heavy (non-hydrogen) atoms. The van der Waals surface area contributed by atoms with Gasteiger partial charge in [-0.05, 0) is 56.2 Å². The molecule has 1 aliphatic heterocycles. The SMILES string of the molecule is CCNC(=NCCCSc1ccc(F)cc1)NCCCOC1CCOC1. The first-order valence-electron chi connectivity index (χ1n) is 9.38. The molecule has 0 aromatic heterocycles. The van der Waals surface area contributed by atoms with E-state index in [-0.39, 0.29) is 11.9 Å². The van der Waals surface area contributed by atoms with E-state index in [1.165, 1.54) is 12.1 Å². The molecule has 1 atom stereocenters. The number of halogens is 1. The van der Waals surface area contributed by atoms with Crippen LogP contribution in [0.4, 0.5) is 4.39 Å². The Labute approximate surface area is 160 Å². The Morgan fingerprint density at radius 2 is 2.15 bits per heavy atom. The van der Waals surface area contributed by atoms with Crippen LogP contribution in [0.1, 0.15) is 26.2 Å². The van der Waals surface area contributed by atoms with Crippen molar-refractivity contribution >= 4 is 17.7 Å². The third kappa shape index (κ3) is 8.87. The van der Waals surface area contributed by atoms with Gasteiger partial charge in [0.15, 0.2) is 5.96 Å². The zero-order valence-corrected chi connectivity index (χ0v) is 16.3. The molecule has 0 bridgehead atoms. The third-order valence-corrected chi connectivity index (χ3v) is 4.95. The van der Waals surface area contributed by atoms with E-state index < -0.39 is 0 Å². The van der Waals surface area contributed by atoms with Gasteiger partial charge in [-0.3, -0.25) is 4.99 Å². The van der Waals surface area contributed by atoms with Crippen molar-refractivity contribution in [2.24, 2.45) is 4.99 Å². The van der Waals surface area contributed by atoms with Crippen LogP contribution in [-0.2, 0) is 9.47 Å². The van der Waals surface area contributed by atoms with Gasteiger partial charge in [0.25, 0.3) is 0 Å². The van der Waals surface area contributed by atoms with Gasteiger partial charge in [0.2, 0.25) is 0 Å². The van der Waals surface area contributed by atoms with E-state index in [4.69, 9.17) is 9.47 Å². The van der Waals surface area contributed by atoms with Crippen molar-refractivity contribution in [3.63, 3.8) is 0 Å². The number of nitrogens with one attached hydrogen (secondary N) is 2. The molecule has 2 N–H and O–H groups in total. The molecular weight excluding hydrogens is 353 g/mol. The Kier molecular flexibility index (Phi) is 10.5. The highest BCUT2D eigenvalue weighted by Crippen LogP contribution is 2.18. The molecule has 2 rings (SSSR count). The smallest absolute Gasteiger partial charge is 0.191 e. The van der Waals surface area contributed by atoms with Crippen molar-refractivity contribution < 1.29 is 13.9 Å². The van der Waals surface area contributed by atoms with E-state index in [0.29, 0.717) is 0 Å². The summed E-state index contributed by atoms with van der Waals surface area (Å²) >= 11 is 1.73. The van der Waals surface area contributed by atoms with Crippen LogP contribution in [0.3, 0.4) is 0 Å². The maximum atomic E-state index is 12.9. The highest BCUT2D eigenvalue weighted by molar-refractivity contribution is 7.99. The van der Waals surface area contributed by atoms with Crippen LogP contribution < -0.4 is 10.6 Å². The van der Waals surface area contributed by atoms with Crippen LogP contribution in [-0.4, -0.2) is 57.3 Å². The summed E-state index contributed by atoms with van der Waals surface area (Å²) in [7, 11) is 0. The number of hydrogen-bond donors (Lipinski definition) is 2. The minimum absolute atomic E-state index is 0.192. The second kappa shape index (κ2) is 12.9. The molecule has 1 aliphatic rings. The van der Waals surface area contributed by atoms with Crippen molar-refractivity contribution in [2.45, 2.75) is 37.2 Å². The number of rotatable bonds is 11. The zero-order chi connectivity index (χ0) is 18.5. The van der Waals surface area contributed by atoms with Gasteiger partial charge in [-0.1, -0.05) is 0 Å². The quantitative estimate of drug-likeness (QED) is 0.266. The lowest BCUT2D eigenvalue weighted by atomic mass is 10.3. The maximum Gasteiger partial charge on any atom is 0.191 e. The molecule has 1 heterocycles. The van der Waals surface area contributed by atoms with Crippen molar-refractivity contribution in [3.05, 3.63) is 30.1 Å². The Morgan fingerprint density at radius 1 is 1.31 bits per heavy atom. The summed E-state index contributed by atoms with van der Waals surface area (Å²) in [5.41, 5.74) is 0. The number of benzene rings is 1. The molecule has 1 unspecified atom stereocenters. The predicted molar refractivity (Wildman–Crippen MR) is 106 cm³/mol. The van der Waals surface area contributed by atoms with Gasteiger partial charge < -0.3 is 20.1 Å². The topological polar surface area (TPSA) is 54.9 Å². The summed E-state index contributed by atoms with van der Waals surface area (Å²) in [6, 6.07) is 6.62. The lowest BCUT2D eigenvalue weighted by Crippen LogP contribution is -2.38. The fraction of sp³-hybridized carbons (Fsp3) is 0.632. The molecule has 1 fully saturated rings. The molecule has 1 aromatic carbocycles. The number of ether oxygens (including phenoxy) is 2. The predicted octanol–water partition coefficient (Wildman–Crippen LogP) is 3.06. The summed E-state index contributed by atoms with van der Waals surface area (Å²) in [4.78, 5) is 5.68. The largest absolute Gasteiger partial charge is 0.379 e. The third-order valence-electron chi connectivity index (χ3n) is 3.85. The molecule has 1 saturated heterocycles. The summed E-state index contributed by atoms with van der Waals surface area (Å²) < 4.78 is 23.9. The van der Waals surface area contributed by atoms with Crippen molar-refractivity contribution in [2.75, 3.05) is 45.2 Å². The highest BCUT2D eigenvalue weighted by Gasteiger charge is 2.15. The number of guanidine groups is 1. The molecule has 0 saturated carbocycles. The fourth-order valence-electron chi connectivity index (χ4n) is 2.49. The molecule has 7 heteroatoms. The van der Waals surface area contributed by atoms with Crippen LogP contribution in [0.2, 0.25) is 0 Å². The average molecular weight is 384 g/mol. The van der Waals surface area contributed by atoms with Gasteiger partial charge in [-0.25, -0.2) is 4.39 Å². The molecule has 5 nitrogen and oxygen atoms in total. The number of nitrogens with zero attached hydrogens (tertiary/aromatic N) is 1. The second-order valence-corrected chi connectivity index (χ2v) is 7.22. The highest BCUT2D eigenvalue weighted by atomic mass is 32.2. The summed E-state index contributed by atoms with van der Waals surface area (Å²) in [6.07, 6.45) is 3.20. The van der Waals surface area contributed by atoms with E-state index in [0.717, 1.165) is 75.3 Å². The number of aliphatic imine (C=N–C) groups is 1. The van der Waals surface area contributed by atoms with Gasteiger partial charge >= 0.3 is 0 Å². The van der Waals surface area contributed by atoms with E-state index in [9.17, 15) is 4.39 Å². The lowest BCUT2D eigenvalue weighted by molar-refractivity contribution is 0.0420. The normalized spacial score (nSPS) is 17.5. The molecule has 0 aliphatic carbocycles. The van der Waals surface area contributed by atoms with E-state index in [2.05, 4.69) is 22.5 Å². The minimum Gasteiger partial charge on any atom is -0.379 e. The first-order valence-corrected chi connectivity index (χ1v) is 10.4. The van der Waals surface area contributed by atoms with Crippen LogP contribution in [0.15, 0.2) is 34.2 Å². The summed E-state index contributed by atoms with van der Waals surface area (Å²) in [6.45, 7) is 6.79. The molecule has 0 spiro atoms. The van der Waals surface area contributed by atoms with Gasteiger partial charge in [-0.2, -0.15) is 0 Å². The number of thioether (sulfide) groups is 1. The van der Waals surface area contributed by atoms with E-state index in [1.54, 1.807) is 11.8 Å². The summed E-state index contributed by atoms with van der Waals surface area (Å²) in [5, 5.41) is 6.60. The standard InChI is InChI=1S/C19H30FN3O2S/c1-2-21-19(22-10-3-12-25-17-9-13-24-15-17)23-11-4-14-26-18-7-5-16(20)6-8-18/h5-8,17H,2-4,9-15H2,1H3,(H2,21,22,23). The van der Waals surface area contributed by atoms with E-state index >= 15 is 0 Å². The average Bonchev–Trinajstić information content (AvgIpc) is 3.16. The fourth-order valence-corrected chi connectivity index (χ4v) is 3.33. The Morgan fingerprint density at radius 3 is 2.88 bits per heavy atom. The van der Waals surface area contributed by atoms with Crippen LogP contribution in [0.5, 0.6) is 0 Å². The van der Waals surface area contributed by atoms with Crippen LogP contribution in [0.25, 0.3) is 0 Å². The second-order valence-electron chi connectivity index (χ2n) is 6.05. The molecule has 1 aromatic rings.